The summed E-state index contributed by atoms with van der Waals surface area (Å²) < 4.78 is 6.47. The number of benzene rings is 1. The van der Waals surface area contributed by atoms with Crippen LogP contribution in [0.5, 0.6) is 5.75 Å². The van der Waals surface area contributed by atoms with Crippen molar-refractivity contribution in [3.63, 3.8) is 0 Å². The first-order chi connectivity index (χ1) is 8.71. The van der Waals surface area contributed by atoms with Crippen molar-refractivity contribution in [3.8, 4) is 18.1 Å². The van der Waals surface area contributed by atoms with Crippen LogP contribution in [0.15, 0.2) is 22.7 Å². The average Bonchev–Trinajstić information content (AvgIpc) is 2.39. The summed E-state index contributed by atoms with van der Waals surface area (Å²) in [5, 5.41) is 12.4. The van der Waals surface area contributed by atoms with E-state index in [-0.39, 0.29) is 19.3 Å². The molecular weight excluding hydrogens is 294 g/mol. The maximum atomic E-state index is 9.14. The van der Waals surface area contributed by atoms with E-state index >= 15 is 0 Å². The van der Waals surface area contributed by atoms with Gasteiger partial charge in [0.25, 0.3) is 0 Å². The van der Waals surface area contributed by atoms with Crippen LogP contribution in [-0.2, 0) is 6.54 Å². The second-order valence-electron chi connectivity index (χ2n) is 3.91. The number of aliphatic hydroxyl groups excluding tert-OH is 1. The number of hydrogen-bond acceptors (Lipinski definition) is 3. The van der Waals surface area contributed by atoms with Gasteiger partial charge in [-0.05, 0) is 24.6 Å². The number of ether oxygens (including phenoxy) is 1. The van der Waals surface area contributed by atoms with Crippen LogP contribution < -0.4 is 10.1 Å². The van der Waals surface area contributed by atoms with E-state index < -0.39 is 0 Å². The van der Waals surface area contributed by atoms with Gasteiger partial charge in [-0.25, -0.2) is 0 Å². The molecule has 0 aliphatic carbocycles. The van der Waals surface area contributed by atoms with E-state index in [9.17, 15) is 0 Å². The molecule has 0 amide bonds. The van der Waals surface area contributed by atoms with Crippen molar-refractivity contribution in [2.45, 2.75) is 25.9 Å². The molecule has 0 bridgehead atoms. The van der Waals surface area contributed by atoms with Crippen molar-refractivity contribution in [2.24, 2.45) is 0 Å². The van der Waals surface area contributed by atoms with Gasteiger partial charge in [0.2, 0.25) is 0 Å². The monoisotopic (exact) mass is 311 g/mol. The highest BCUT2D eigenvalue weighted by Gasteiger charge is 2.08. The summed E-state index contributed by atoms with van der Waals surface area (Å²) in [4.78, 5) is 0. The van der Waals surface area contributed by atoms with Crippen molar-refractivity contribution in [2.75, 3.05) is 13.2 Å². The van der Waals surface area contributed by atoms with Crippen molar-refractivity contribution in [1.82, 2.24) is 5.32 Å². The lowest BCUT2D eigenvalue weighted by molar-refractivity contribution is 0.237. The summed E-state index contributed by atoms with van der Waals surface area (Å²) in [5.74, 6) is 3.23. The summed E-state index contributed by atoms with van der Waals surface area (Å²) >= 11 is 3.43. The first-order valence-corrected chi connectivity index (χ1v) is 6.69. The molecule has 1 atom stereocenters. The zero-order chi connectivity index (χ0) is 13.4. The fraction of sp³-hybridized carbons (Fsp3) is 0.429. The van der Waals surface area contributed by atoms with Gasteiger partial charge in [0.1, 0.15) is 12.4 Å². The second kappa shape index (κ2) is 8.15. The average molecular weight is 312 g/mol. The fourth-order valence-corrected chi connectivity index (χ4v) is 1.95. The van der Waals surface area contributed by atoms with E-state index in [0.717, 1.165) is 22.2 Å². The van der Waals surface area contributed by atoms with Crippen LogP contribution in [-0.4, -0.2) is 24.4 Å². The molecule has 4 heteroatoms. The summed E-state index contributed by atoms with van der Waals surface area (Å²) in [7, 11) is 0. The minimum absolute atomic E-state index is 0.101. The lowest BCUT2D eigenvalue weighted by Gasteiger charge is -2.16. The topological polar surface area (TPSA) is 41.5 Å². The van der Waals surface area contributed by atoms with Crippen LogP contribution in [0.2, 0.25) is 0 Å². The van der Waals surface area contributed by atoms with Gasteiger partial charge in [-0.2, -0.15) is 0 Å². The van der Waals surface area contributed by atoms with E-state index in [4.69, 9.17) is 16.3 Å². The van der Waals surface area contributed by atoms with Crippen LogP contribution in [0, 0.1) is 12.3 Å². The van der Waals surface area contributed by atoms with Gasteiger partial charge in [0, 0.05) is 22.6 Å². The molecule has 0 saturated carbocycles. The molecule has 18 heavy (non-hydrogen) atoms. The molecule has 1 aromatic rings. The Hall–Kier alpha value is -1.02. The fourth-order valence-electron chi connectivity index (χ4n) is 1.54. The molecule has 3 nitrogen and oxygen atoms in total. The number of hydrogen-bond donors (Lipinski definition) is 2. The number of aliphatic hydroxyl groups is 1. The molecule has 1 unspecified atom stereocenters. The number of nitrogens with one attached hydrogen (secondary N) is 1. The molecule has 0 radical (unpaired) electrons. The van der Waals surface area contributed by atoms with Crippen LogP contribution in [0.4, 0.5) is 0 Å². The molecule has 2 N–H and O–H groups in total. The molecule has 0 spiro atoms. The van der Waals surface area contributed by atoms with Gasteiger partial charge >= 0.3 is 0 Å². The lowest BCUT2D eigenvalue weighted by atomic mass is 10.1. The van der Waals surface area contributed by atoms with Gasteiger partial charge in [-0.15, -0.1) is 6.42 Å². The summed E-state index contributed by atoms with van der Waals surface area (Å²) in [6, 6.07) is 5.89. The standard InChI is InChI=1S/C14H18BrNO2/c1-3-7-18-14-6-5-12(15)8-11(14)9-16-13(4-2)10-17/h1,5-6,8,13,16-17H,4,7,9-10H2,2H3. The molecular formula is C14H18BrNO2. The van der Waals surface area contributed by atoms with Crippen LogP contribution in [0.1, 0.15) is 18.9 Å². The SMILES string of the molecule is C#CCOc1ccc(Br)cc1CNC(CC)CO. The van der Waals surface area contributed by atoms with Crippen LogP contribution >= 0.6 is 15.9 Å². The Labute approximate surface area is 117 Å². The number of halogens is 1. The molecule has 0 aromatic heterocycles. The molecule has 0 heterocycles. The van der Waals surface area contributed by atoms with Crippen molar-refractivity contribution in [3.05, 3.63) is 28.2 Å². The molecule has 98 valence electrons. The lowest BCUT2D eigenvalue weighted by Crippen LogP contribution is -2.31. The molecule has 1 rings (SSSR count). The van der Waals surface area contributed by atoms with E-state index in [1.165, 1.54) is 0 Å². The van der Waals surface area contributed by atoms with E-state index in [1.54, 1.807) is 0 Å². The summed E-state index contributed by atoms with van der Waals surface area (Å²) in [6.07, 6.45) is 6.07. The van der Waals surface area contributed by atoms with Crippen LogP contribution in [0.3, 0.4) is 0 Å². The largest absolute Gasteiger partial charge is 0.481 e. The molecule has 1 aromatic carbocycles. The van der Waals surface area contributed by atoms with Gasteiger partial charge < -0.3 is 15.2 Å². The molecule has 0 saturated heterocycles. The van der Waals surface area contributed by atoms with Gasteiger partial charge in [0.15, 0.2) is 0 Å². The Morgan fingerprint density at radius 2 is 2.33 bits per heavy atom. The van der Waals surface area contributed by atoms with Gasteiger partial charge in [-0.1, -0.05) is 28.8 Å². The number of terminal acetylenes is 1. The van der Waals surface area contributed by atoms with Gasteiger partial charge in [0.05, 0.1) is 6.61 Å². The third kappa shape index (κ3) is 4.69. The Bertz CT molecular complexity index is 411. The Morgan fingerprint density at radius 1 is 1.56 bits per heavy atom. The minimum Gasteiger partial charge on any atom is -0.481 e. The minimum atomic E-state index is 0.101. The van der Waals surface area contributed by atoms with E-state index in [1.807, 2.05) is 25.1 Å². The zero-order valence-corrected chi connectivity index (χ0v) is 12.0. The Balaban J connectivity index is 2.72. The van der Waals surface area contributed by atoms with E-state index in [2.05, 4.69) is 27.2 Å². The Morgan fingerprint density at radius 3 is 2.94 bits per heavy atom. The summed E-state index contributed by atoms with van der Waals surface area (Å²) in [6.45, 7) is 3.06. The first-order valence-electron chi connectivity index (χ1n) is 5.90. The zero-order valence-electron chi connectivity index (χ0n) is 10.4. The predicted molar refractivity (Wildman–Crippen MR) is 76.5 cm³/mol. The Kier molecular flexibility index (Phi) is 6.81. The summed E-state index contributed by atoms with van der Waals surface area (Å²) in [5.41, 5.74) is 1.02. The van der Waals surface area contributed by atoms with Crippen molar-refractivity contribution < 1.29 is 9.84 Å². The van der Waals surface area contributed by atoms with E-state index in [0.29, 0.717) is 6.54 Å². The first kappa shape index (κ1) is 15.0. The predicted octanol–water partition coefficient (Wildman–Crippen LogP) is 2.32. The maximum absolute atomic E-state index is 9.14. The normalized spacial score (nSPS) is 11.9. The highest BCUT2D eigenvalue weighted by Crippen LogP contribution is 2.23. The van der Waals surface area contributed by atoms with Crippen LogP contribution in [0.25, 0.3) is 0 Å². The van der Waals surface area contributed by atoms with Gasteiger partial charge in [-0.3, -0.25) is 0 Å². The highest BCUT2D eigenvalue weighted by atomic mass is 79.9. The highest BCUT2D eigenvalue weighted by molar-refractivity contribution is 9.10. The third-order valence-electron chi connectivity index (χ3n) is 2.63. The molecule has 0 aliphatic heterocycles. The second-order valence-corrected chi connectivity index (χ2v) is 4.83. The maximum Gasteiger partial charge on any atom is 0.148 e. The van der Waals surface area contributed by atoms with Crippen molar-refractivity contribution >= 4 is 15.9 Å². The third-order valence-corrected chi connectivity index (χ3v) is 3.12. The quantitative estimate of drug-likeness (QED) is 0.759. The smallest absolute Gasteiger partial charge is 0.148 e. The molecule has 0 aliphatic rings. The molecule has 0 fully saturated rings. The number of rotatable bonds is 7. The van der Waals surface area contributed by atoms with Crippen molar-refractivity contribution in [1.29, 1.82) is 0 Å².